The second kappa shape index (κ2) is 5.96. The van der Waals surface area contributed by atoms with Gasteiger partial charge in [0.15, 0.2) is 0 Å². The number of rotatable bonds is 5. The third kappa shape index (κ3) is 4.84. The van der Waals surface area contributed by atoms with Gasteiger partial charge in [-0.3, -0.25) is 9.78 Å². The normalized spacial score (nSPS) is 11.4. The summed E-state index contributed by atoms with van der Waals surface area (Å²) >= 11 is 0. The Bertz CT molecular complexity index is 410. The van der Waals surface area contributed by atoms with Crippen LogP contribution in [0.1, 0.15) is 38.6 Å². The molecule has 1 rings (SSSR count). The monoisotopic (exact) mass is 249 g/mol. The molecule has 0 bridgehead atoms. The summed E-state index contributed by atoms with van der Waals surface area (Å²) in [4.78, 5) is 18.3. The minimum Gasteiger partial charge on any atom is -0.337 e. The lowest BCUT2D eigenvalue weighted by atomic mass is 10.0. The van der Waals surface area contributed by atoms with Gasteiger partial charge in [-0.1, -0.05) is 6.07 Å². The molecule has 0 spiro atoms. The van der Waals surface area contributed by atoms with Crippen LogP contribution in [0.5, 0.6) is 0 Å². The van der Waals surface area contributed by atoms with E-state index in [9.17, 15) is 4.79 Å². The molecular formula is C14H23N3O. The summed E-state index contributed by atoms with van der Waals surface area (Å²) in [5, 5.41) is 0. The fraction of sp³-hybridized carbons (Fsp3) is 0.571. The molecule has 0 atom stereocenters. The van der Waals surface area contributed by atoms with E-state index in [4.69, 9.17) is 5.73 Å². The molecule has 4 heteroatoms. The average Bonchev–Trinajstić information content (AvgIpc) is 2.23. The molecule has 0 unspecified atom stereocenters. The van der Waals surface area contributed by atoms with Gasteiger partial charge in [0.1, 0.15) is 0 Å². The summed E-state index contributed by atoms with van der Waals surface area (Å²) in [5.74, 6) is 0.0771. The van der Waals surface area contributed by atoms with Crippen molar-refractivity contribution in [1.82, 2.24) is 9.88 Å². The number of aromatic nitrogens is 1. The molecule has 1 aromatic rings. The highest BCUT2D eigenvalue weighted by molar-refractivity contribution is 5.77. The van der Waals surface area contributed by atoms with Crippen LogP contribution in [0.3, 0.4) is 0 Å². The maximum atomic E-state index is 12.1. The molecule has 1 amide bonds. The van der Waals surface area contributed by atoms with Crippen LogP contribution < -0.4 is 5.73 Å². The predicted molar refractivity (Wildman–Crippen MR) is 72.9 cm³/mol. The summed E-state index contributed by atoms with van der Waals surface area (Å²) in [5.41, 5.74) is 7.30. The Morgan fingerprint density at radius 3 is 2.61 bits per heavy atom. The van der Waals surface area contributed by atoms with Crippen molar-refractivity contribution in [2.45, 2.75) is 46.2 Å². The molecule has 1 heterocycles. The number of nitrogens with two attached hydrogens (primary N) is 1. The zero-order valence-electron chi connectivity index (χ0n) is 11.7. The van der Waals surface area contributed by atoms with Gasteiger partial charge in [-0.05, 0) is 39.8 Å². The number of hydrogen-bond donors (Lipinski definition) is 1. The highest BCUT2D eigenvalue weighted by Gasteiger charge is 2.20. The summed E-state index contributed by atoms with van der Waals surface area (Å²) in [6, 6.07) is 5.85. The number of aryl methyl sites for hydroxylation is 1. The Hall–Kier alpha value is -1.42. The van der Waals surface area contributed by atoms with Gasteiger partial charge in [-0.25, -0.2) is 0 Å². The molecule has 1 aromatic heterocycles. The molecule has 0 fully saturated rings. The van der Waals surface area contributed by atoms with Gasteiger partial charge in [0, 0.05) is 24.2 Å². The van der Waals surface area contributed by atoms with E-state index in [2.05, 4.69) is 4.98 Å². The lowest BCUT2D eigenvalue weighted by Crippen LogP contribution is -2.41. The number of amides is 1. The van der Waals surface area contributed by atoms with Crippen molar-refractivity contribution in [2.24, 2.45) is 5.73 Å². The van der Waals surface area contributed by atoms with Crippen LogP contribution in [-0.2, 0) is 11.3 Å². The van der Waals surface area contributed by atoms with E-state index in [1.807, 2.05) is 45.9 Å². The molecule has 0 aliphatic carbocycles. The quantitative estimate of drug-likeness (QED) is 0.866. The van der Waals surface area contributed by atoms with E-state index in [1.54, 1.807) is 4.90 Å². The first-order valence-corrected chi connectivity index (χ1v) is 6.31. The van der Waals surface area contributed by atoms with Crippen molar-refractivity contribution in [2.75, 3.05) is 6.54 Å². The van der Waals surface area contributed by atoms with Gasteiger partial charge in [-0.2, -0.15) is 0 Å². The maximum absolute atomic E-state index is 12.1. The Balaban J connectivity index is 2.70. The van der Waals surface area contributed by atoms with E-state index in [-0.39, 0.29) is 5.91 Å². The van der Waals surface area contributed by atoms with Crippen LogP contribution in [0.4, 0.5) is 0 Å². The first-order chi connectivity index (χ1) is 8.31. The van der Waals surface area contributed by atoms with Crippen LogP contribution in [0.15, 0.2) is 18.2 Å². The van der Waals surface area contributed by atoms with E-state index in [1.165, 1.54) is 0 Å². The molecule has 100 valence electrons. The molecule has 0 saturated carbocycles. The standard InChI is InChI=1S/C14H23N3O/c1-5-17(13(18)9-14(3,4)15)10-12-8-6-7-11(2)16-12/h6-8H,5,9-10,15H2,1-4H3. The van der Waals surface area contributed by atoms with E-state index in [0.717, 1.165) is 11.4 Å². The molecule has 18 heavy (non-hydrogen) atoms. The summed E-state index contributed by atoms with van der Waals surface area (Å²) in [6.07, 6.45) is 0.354. The summed E-state index contributed by atoms with van der Waals surface area (Å²) < 4.78 is 0. The number of carbonyl (C=O) groups is 1. The summed E-state index contributed by atoms with van der Waals surface area (Å²) in [7, 11) is 0. The fourth-order valence-electron chi connectivity index (χ4n) is 1.76. The topological polar surface area (TPSA) is 59.2 Å². The smallest absolute Gasteiger partial charge is 0.224 e. The van der Waals surface area contributed by atoms with Crippen molar-refractivity contribution in [1.29, 1.82) is 0 Å². The van der Waals surface area contributed by atoms with E-state index in [0.29, 0.717) is 19.5 Å². The number of carbonyl (C=O) groups excluding carboxylic acids is 1. The van der Waals surface area contributed by atoms with Crippen molar-refractivity contribution in [3.8, 4) is 0 Å². The van der Waals surface area contributed by atoms with Crippen LogP contribution >= 0.6 is 0 Å². The van der Waals surface area contributed by atoms with Crippen LogP contribution in [0.25, 0.3) is 0 Å². The third-order valence-electron chi connectivity index (χ3n) is 2.64. The SMILES string of the molecule is CCN(Cc1cccc(C)n1)C(=O)CC(C)(C)N. The minimum absolute atomic E-state index is 0.0771. The molecule has 0 radical (unpaired) electrons. The lowest BCUT2D eigenvalue weighted by molar-refractivity contribution is -0.132. The fourth-order valence-corrected chi connectivity index (χ4v) is 1.76. The highest BCUT2D eigenvalue weighted by atomic mass is 16.2. The Labute approximate surface area is 109 Å². The molecule has 0 saturated heterocycles. The molecule has 0 aliphatic heterocycles. The number of pyridine rings is 1. The van der Waals surface area contributed by atoms with Gasteiger partial charge in [0.05, 0.1) is 12.2 Å². The van der Waals surface area contributed by atoms with Gasteiger partial charge in [-0.15, -0.1) is 0 Å². The first kappa shape index (κ1) is 14.6. The van der Waals surface area contributed by atoms with Crippen LogP contribution in [0.2, 0.25) is 0 Å². The first-order valence-electron chi connectivity index (χ1n) is 6.31. The largest absolute Gasteiger partial charge is 0.337 e. The highest BCUT2D eigenvalue weighted by Crippen LogP contribution is 2.10. The van der Waals surface area contributed by atoms with E-state index >= 15 is 0 Å². The second-order valence-corrected chi connectivity index (χ2v) is 5.34. The van der Waals surface area contributed by atoms with Gasteiger partial charge in [0.25, 0.3) is 0 Å². The zero-order chi connectivity index (χ0) is 13.8. The van der Waals surface area contributed by atoms with Crippen molar-refractivity contribution >= 4 is 5.91 Å². The number of nitrogens with zero attached hydrogens (tertiary/aromatic N) is 2. The third-order valence-corrected chi connectivity index (χ3v) is 2.64. The lowest BCUT2D eigenvalue weighted by Gasteiger charge is -2.25. The van der Waals surface area contributed by atoms with Crippen LogP contribution in [-0.4, -0.2) is 27.9 Å². The molecule has 4 nitrogen and oxygen atoms in total. The Kier molecular flexibility index (Phi) is 4.84. The zero-order valence-corrected chi connectivity index (χ0v) is 11.7. The summed E-state index contributed by atoms with van der Waals surface area (Å²) in [6.45, 7) is 8.87. The maximum Gasteiger partial charge on any atom is 0.224 e. The molecular weight excluding hydrogens is 226 g/mol. The van der Waals surface area contributed by atoms with Crippen LogP contribution in [0, 0.1) is 6.92 Å². The molecule has 2 N–H and O–H groups in total. The Morgan fingerprint density at radius 1 is 1.44 bits per heavy atom. The van der Waals surface area contributed by atoms with Crippen molar-refractivity contribution in [3.05, 3.63) is 29.6 Å². The minimum atomic E-state index is -0.468. The Morgan fingerprint density at radius 2 is 2.11 bits per heavy atom. The van der Waals surface area contributed by atoms with Gasteiger partial charge >= 0.3 is 0 Å². The average molecular weight is 249 g/mol. The van der Waals surface area contributed by atoms with Crippen molar-refractivity contribution in [3.63, 3.8) is 0 Å². The molecule has 0 aromatic carbocycles. The van der Waals surface area contributed by atoms with Crippen molar-refractivity contribution < 1.29 is 4.79 Å². The van der Waals surface area contributed by atoms with Gasteiger partial charge in [0.2, 0.25) is 5.91 Å². The van der Waals surface area contributed by atoms with E-state index < -0.39 is 5.54 Å². The van der Waals surface area contributed by atoms with Gasteiger partial charge < -0.3 is 10.6 Å². The number of hydrogen-bond acceptors (Lipinski definition) is 3. The second-order valence-electron chi connectivity index (χ2n) is 5.34. The predicted octanol–water partition coefficient (Wildman–Crippen LogP) is 1.87. The molecule has 0 aliphatic rings.